The van der Waals surface area contributed by atoms with Gasteiger partial charge in [-0.05, 0) is 6.92 Å². The summed E-state index contributed by atoms with van der Waals surface area (Å²) in [5, 5.41) is 0. The molecule has 0 aliphatic carbocycles. The van der Waals surface area contributed by atoms with E-state index in [-0.39, 0.29) is 6.61 Å². The lowest BCUT2D eigenvalue weighted by molar-refractivity contribution is -0.202. The Bertz CT molecular complexity index is 108. The third kappa shape index (κ3) is 2.87. The maximum Gasteiger partial charge on any atom is 0.418 e. The first-order valence-corrected chi connectivity index (χ1v) is 2.83. The maximum atomic E-state index is 11.7. The van der Waals surface area contributed by atoms with E-state index in [0.29, 0.717) is 0 Å². The average molecular weight is 154 g/mol. The zero-order chi connectivity index (χ0) is 8.20. The fourth-order valence-electron chi connectivity index (χ4n) is 0.476. The second kappa shape index (κ2) is 3.61. The molecular formula is C6H9F3O. The summed E-state index contributed by atoms with van der Waals surface area (Å²) >= 11 is 0. The molecule has 10 heavy (non-hydrogen) atoms. The third-order valence-electron chi connectivity index (χ3n) is 0.883. The maximum absolute atomic E-state index is 11.7. The van der Waals surface area contributed by atoms with Crippen LogP contribution in [0.1, 0.15) is 6.92 Å². The largest absolute Gasteiger partial charge is 0.418 e. The van der Waals surface area contributed by atoms with E-state index in [4.69, 9.17) is 0 Å². The molecular weight excluding hydrogens is 145 g/mol. The van der Waals surface area contributed by atoms with Crippen molar-refractivity contribution in [1.29, 1.82) is 0 Å². The first kappa shape index (κ1) is 9.49. The van der Waals surface area contributed by atoms with Crippen LogP contribution in [0.5, 0.6) is 0 Å². The lowest BCUT2D eigenvalue weighted by Crippen LogP contribution is -2.29. The smallest absolute Gasteiger partial charge is 0.365 e. The Morgan fingerprint density at radius 1 is 1.60 bits per heavy atom. The lowest BCUT2D eigenvalue weighted by Gasteiger charge is -2.15. The summed E-state index contributed by atoms with van der Waals surface area (Å²) < 4.78 is 39.4. The van der Waals surface area contributed by atoms with Gasteiger partial charge >= 0.3 is 6.18 Å². The van der Waals surface area contributed by atoms with Gasteiger partial charge in [0, 0.05) is 6.61 Å². The minimum absolute atomic E-state index is 0.0379. The molecule has 0 aliphatic heterocycles. The quantitative estimate of drug-likeness (QED) is 0.566. The summed E-state index contributed by atoms with van der Waals surface area (Å²) in [6.07, 6.45) is -5.40. The van der Waals surface area contributed by atoms with Gasteiger partial charge in [0.1, 0.15) is 0 Å². The minimum Gasteiger partial charge on any atom is -0.365 e. The Morgan fingerprint density at radius 3 is 2.20 bits per heavy atom. The summed E-state index contributed by atoms with van der Waals surface area (Å²) in [6, 6.07) is 0. The van der Waals surface area contributed by atoms with Crippen molar-refractivity contribution < 1.29 is 17.9 Å². The van der Waals surface area contributed by atoms with Gasteiger partial charge in [-0.15, -0.1) is 6.58 Å². The predicted molar refractivity (Wildman–Crippen MR) is 31.7 cm³/mol. The zero-order valence-electron chi connectivity index (χ0n) is 5.61. The minimum atomic E-state index is -4.32. The lowest BCUT2D eigenvalue weighted by atomic mass is 10.3. The monoisotopic (exact) mass is 154 g/mol. The van der Waals surface area contributed by atoms with Gasteiger partial charge in [0.25, 0.3) is 0 Å². The van der Waals surface area contributed by atoms with Crippen molar-refractivity contribution in [3.63, 3.8) is 0 Å². The number of ether oxygens (including phenoxy) is 1. The van der Waals surface area contributed by atoms with Crippen molar-refractivity contribution in [1.82, 2.24) is 0 Å². The van der Waals surface area contributed by atoms with E-state index >= 15 is 0 Å². The molecule has 0 heterocycles. The van der Waals surface area contributed by atoms with Crippen LogP contribution in [0.3, 0.4) is 0 Å². The molecule has 0 aromatic carbocycles. The highest BCUT2D eigenvalue weighted by atomic mass is 19.4. The van der Waals surface area contributed by atoms with Crippen molar-refractivity contribution >= 4 is 0 Å². The Labute approximate surface area is 57.5 Å². The summed E-state index contributed by atoms with van der Waals surface area (Å²) in [5.74, 6) is 0. The van der Waals surface area contributed by atoms with Crippen molar-refractivity contribution in [2.45, 2.75) is 19.2 Å². The molecule has 0 aromatic heterocycles. The Hall–Kier alpha value is -0.510. The van der Waals surface area contributed by atoms with Crippen LogP contribution in [0.4, 0.5) is 13.2 Å². The number of alkyl halides is 3. The summed E-state index contributed by atoms with van der Waals surface area (Å²) in [7, 11) is 0. The number of halogens is 3. The molecule has 0 amide bonds. The molecule has 0 saturated heterocycles. The van der Waals surface area contributed by atoms with E-state index in [0.717, 1.165) is 6.08 Å². The van der Waals surface area contributed by atoms with Gasteiger partial charge in [-0.1, -0.05) is 6.08 Å². The molecule has 1 unspecified atom stereocenters. The van der Waals surface area contributed by atoms with Gasteiger partial charge in [0.05, 0.1) is 0 Å². The fourth-order valence-corrected chi connectivity index (χ4v) is 0.476. The van der Waals surface area contributed by atoms with E-state index in [9.17, 15) is 13.2 Å². The zero-order valence-corrected chi connectivity index (χ0v) is 5.61. The van der Waals surface area contributed by atoms with Crippen LogP contribution in [0.25, 0.3) is 0 Å². The van der Waals surface area contributed by atoms with E-state index in [1.165, 1.54) is 6.92 Å². The second-order valence-electron chi connectivity index (χ2n) is 1.65. The molecule has 0 radical (unpaired) electrons. The number of hydrogen-bond donors (Lipinski definition) is 0. The highest BCUT2D eigenvalue weighted by molar-refractivity contribution is 4.85. The molecule has 0 aliphatic rings. The van der Waals surface area contributed by atoms with Crippen LogP contribution in [-0.2, 0) is 4.74 Å². The summed E-state index contributed by atoms with van der Waals surface area (Å²) in [5.41, 5.74) is 0. The number of hydrogen-bond acceptors (Lipinski definition) is 1. The first-order chi connectivity index (χ1) is 4.52. The first-order valence-electron chi connectivity index (χ1n) is 2.83. The topological polar surface area (TPSA) is 9.23 Å². The van der Waals surface area contributed by atoms with Crippen LogP contribution in [0, 0.1) is 0 Å². The Kier molecular flexibility index (Phi) is 3.42. The molecule has 0 spiro atoms. The van der Waals surface area contributed by atoms with Gasteiger partial charge in [-0.3, -0.25) is 0 Å². The van der Waals surface area contributed by atoms with E-state index in [1.54, 1.807) is 0 Å². The van der Waals surface area contributed by atoms with Crippen LogP contribution < -0.4 is 0 Å². The van der Waals surface area contributed by atoms with Crippen molar-refractivity contribution in [2.75, 3.05) is 6.61 Å². The van der Waals surface area contributed by atoms with Crippen molar-refractivity contribution in [3.05, 3.63) is 12.7 Å². The van der Waals surface area contributed by atoms with Gasteiger partial charge < -0.3 is 4.74 Å². The molecule has 0 aromatic rings. The third-order valence-corrected chi connectivity index (χ3v) is 0.883. The van der Waals surface area contributed by atoms with E-state index < -0.39 is 12.3 Å². The normalized spacial score (nSPS) is 14.8. The second-order valence-corrected chi connectivity index (χ2v) is 1.65. The van der Waals surface area contributed by atoms with Gasteiger partial charge in [0.15, 0.2) is 6.10 Å². The highest BCUT2D eigenvalue weighted by Gasteiger charge is 2.37. The van der Waals surface area contributed by atoms with Crippen LogP contribution in [0.15, 0.2) is 12.7 Å². The van der Waals surface area contributed by atoms with Crippen LogP contribution in [0.2, 0.25) is 0 Å². The predicted octanol–water partition coefficient (Wildman–Crippen LogP) is 2.14. The molecule has 1 atom stereocenters. The molecule has 0 fully saturated rings. The van der Waals surface area contributed by atoms with Gasteiger partial charge in [-0.2, -0.15) is 13.2 Å². The molecule has 4 heteroatoms. The van der Waals surface area contributed by atoms with E-state index in [1.807, 2.05) is 0 Å². The van der Waals surface area contributed by atoms with E-state index in [2.05, 4.69) is 11.3 Å². The number of rotatable bonds is 3. The highest BCUT2D eigenvalue weighted by Crippen LogP contribution is 2.23. The molecule has 0 bridgehead atoms. The van der Waals surface area contributed by atoms with Crippen molar-refractivity contribution in [3.8, 4) is 0 Å². The average Bonchev–Trinajstić information content (AvgIpc) is 1.80. The Morgan fingerprint density at radius 2 is 2.10 bits per heavy atom. The molecule has 0 N–H and O–H groups in total. The van der Waals surface area contributed by atoms with Crippen molar-refractivity contribution in [2.24, 2.45) is 0 Å². The summed E-state index contributed by atoms with van der Waals surface area (Å²) in [6.45, 7) is 4.54. The Balaban J connectivity index is 3.93. The molecule has 0 rings (SSSR count). The van der Waals surface area contributed by atoms with Crippen LogP contribution >= 0.6 is 0 Å². The van der Waals surface area contributed by atoms with Crippen LogP contribution in [-0.4, -0.2) is 18.9 Å². The standard InChI is InChI=1S/C6H9F3O/c1-3-5(10-4-2)6(7,8)9/h3,5H,1,4H2,2H3. The molecule has 1 nitrogen and oxygen atoms in total. The van der Waals surface area contributed by atoms with Gasteiger partial charge in [0.2, 0.25) is 0 Å². The SMILES string of the molecule is C=CC(OCC)C(F)(F)F. The van der Waals surface area contributed by atoms with Gasteiger partial charge in [-0.25, -0.2) is 0 Å². The summed E-state index contributed by atoms with van der Waals surface area (Å²) in [4.78, 5) is 0. The fraction of sp³-hybridized carbons (Fsp3) is 0.667. The molecule has 0 saturated carbocycles. The molecule has 60 valence electrons.